The van der Waals surface area contributed by atoms with Crippen molar-refractivity contribution in [3.05, 3.63) is 34.9 Å². The van der Waals surface area contributed by atoms with E-state index in [9.17, 15) is 0 Å². The zero-order valence-electron chi connectivity index (χ0n) is 10.3. The summed E-state index contributed by atoms with van der Waals surface area (Å²) in [6.45, 7) is 7.28. The van der Waals surface area contributed by atoms with Crippen LogP contribution in [0.4, 0.5) is 0 Å². The molecule has 0 fully saturated rings. The Morgan fingerprint density at radius 2 is 1.88 bits per heavy atom. The Kier molecular flexibility index (Phi) is 5.55. The fourth-order valence-electron chi connectivity index (χ4n) is 2.02. The van der Waals surface area contributed by atoms with E-state index in [4.69, 9.17) is 11.6 Å². The molecular weight excluding hydrogens is 300 g/mol. The third kappa shape index (κ3) is 5.02. The van der Waals surface area contributed by atoms with Gasteiger partial charge in [0.2, 0.25) is 0 Å². The minimum Gasteiger partial charge on any atom is -0.0925 e. The van der Waals surface area contributed by atoms with Crippen LogP contribution in [0, 0.1) is 5.92 Å². The second-order valence-electron chi connectivity index (χ2n) is 5.58. The molecular formula is C13H20BrClSi. The summed E-state index contributed by atoms with van der Waals surface area (Å²) in [6.07, 6.45) is 1.09. The first kappa shape index (κ1) is 14.3. The fourth-order valence-corrected chi connectivity index (χ4v) is 5.14. The van der Waals surface area contributed by atoms with E-state index in [1.165, 1.54) is 11.6 Å². The summed E-state index contributed by atoms with van der Waals surface area (Å²) in [6, 6.07) is 9.54. The zero-order valence-corrected chi connectivity index (χ0v) is 13.6. The Bertz CT molecular complexity index is 333. The summed E-state index contributed by atoms with van der Waals surface area (Å²) >= 11 is 9.82. The van der Waals surface area contributed by atoms with Gasteiger partial charge in [0.15, 0.2) is 0 Å². The van der Waals surface area contributed by atoms with Gasteiger partial charge in [-0.2, -0.15) is 0 Å². The van der Waals surface area contributed by atoms with Crippen molar-refractivity contribution in [3.8, 4) is 0 Å². The van der Waals surface area contributed by atoms with Gasteiger partial charge in [0, 0.05) is 18.4 Å². The molecule has 1 aromatic carbocycles. The molecule has 0 amide bonds. The van der Waals surface area contributed by atoms with Crippen LogP contribution in [0.15, 0.2) is 24.3 Å². The molecule has 0 saturated carbocycles. The van der Waals surface area contributed by atoms with Gasteiger partial charge < -0.3 is 0 Å². The highest BCUT2D eigenvalue weighted by Crippen LogP contribution is 2.25. The minimum atomic E-state index is -0.986. The van der Waals surface area contributed by atoms with Gasteiger partial charge in [-0.15, -0.1) is 0 Å². The third-order valence-electron chi connectivity index (χ3n) is 2.59. The molecule has 0 heterocycles. The van der Waals surface area contributed by atoms with Crippen LogP contribution in [0.3, 0.4) is 0 Å². The molecule has 1 aromatic rings. The number of hydrogen-bond acceptors (Lipinski definition) is 0. The lowest BCUT2D eigenvalue weighted by Gasteiger charge is -2.23. The highest BCUT2D eigenvalue weighted by molar-refractivity contribution is 9.09. The number of hydrogen-bond donors (Lipinski definition) is 0. The molecule has 0 radical (unpaired) electrons. The molecule has 0 aromatic heterocycles. The first-order valence-corrected chi connectivity index (χ1v) is 10.9. The fraction of sp³-hybridized carbons (Fsp3) is 0.538. The highest BCUT2D eigenvalue weighted by atomic mass is 79.9. The molecule has 0 aliphatic rings. The molecule has 3 heteroatoms. The summed E-state index contributed by atoms with van der Waals surface area (Å²) in [7, 11) is -0.986. The number of alkyl halides is 1. The predicted molar refractivity (Wildman–Crippen MR) is 80.6 cm³/mol. The van der Waals surface area contributed by atoms with Crippen molar-refractivity contribution in [3.63, 3.8) is 0 Å². The van der Waals surface area contributed by atoms with Gasteiger partial charge in [-0.25, -0.2) is 0 Å². The maximum Gasteiger partial charge on any atom is 0.0445 e. The Hall–Kier alpha value is 0.207. The number of rotatable bonds is 5. The molecule has 0 saturated heterocycles. The number of halogens is 2. The lowest BCUT2D eigenvalue weighted by atomic mass is 10.0. The van der Waals surface area contributed by atoms with Crippen LogP contribution in [-0.4, -0.2) is 13.4 Å². The molecule has 0 spiro atoms. The van der Waals surface area contributed by atoms with Crippen molar-refractivity contribution in [2.75, 3.05) is 5.33 Å². The van der Waals surface area contributed by atoms with Gasteiger partial charge in [-0.05, 0) is 24.0 Å². The summed E-state index contributed by atoms with van der Waals surface area (Å²) in [5.74, 6) is 0.714. The first-order valence-electron chi connectivity index (χ1n) is 5.72. The maximum atomic E-state index is 6.19. The van der Waals surface area contributed by atoms with Crippen LogP contribution >= 0.6 is 27.5 Å². The summed E-state index contributed by atoms with van der Waals surface area (Å²) < 4.78 is 0. The molecule has 0 aliphatic heterocycles. The van der Waals surface area contributed by atoms with E-state index >= 15 is 0 Å². The normalized spacial score (nSPS) is 13.8. The molecule has 0 nitrogen and oxygen atoms in total. The smallest absolute Gasteiger partial charge is 0.0445 e. The van der Waals surface area contributed by atoms with E-state index < -0.39 is 8.07 Å². The average Bonchev–Trinajstić information content (AvgIpc) is 2.18. The lowest BCUT2D eigenvalue weighted by molar-refractivity contribution is 0.651. The van der Waals surface area contributed by atoms with Crippen molar-refractivity contribution in [2.24, 2.45) is 5.92 Å². The van der Waals surface area contributed by atoms with Gasteiger partial charge in [0.25, 0.3) is 0 Å². The van der Waals surface area contributed by atoms with Gasteiger partial charge in [0.05, 0.1) is 0 Å². The van der Waals surface area contributed by atoms with Crippen LogP contribution in [0.2, 0.25) is 30.7 Å². The summed E-state index contributed by atoms with van der Waals surface area (Å²) in [5.41, 5.74) is 1.28. The van der Waals surface area contributed by atoms with E-state index in [1.807, 2.05) is 12.1 Å². The second-order valence-corrected chi connectivity index (χ2v) is 12.2. The van der Waals surface area contributed by atoms with Crippen LogP contribution < -0.4 is 0 Å². The van der Waals surface area contributed by atoms with Crippen molar-refractivity contribution in [2.45, 2.75) is 32.1 Å². The van der Waals surface area contributed by atoms with Crippen molar-refractivity contribution >= 4 is 35.6 Å². The predicted octanol–water partition coefficient (Wildman–Crippen LogP) is 5.23. The molecule has 0 bridgehead atoms. The summed E-state index contributed by atoms with van der Waals surface area (Å²) in [5, 5.41) is 1.98. The van der Waals surface area contributed by atoms with Crippen LogP contribution in [0.5, 0.6) is 0 Å². The highest BCUT2D eigenvalue weighted by Gasteiger charge is 2.20. The summed E-state index contributed by atoms with van der Waals surface area (Å²) in [4.78, 5) is 0. The van der Waals surface area contributed by atoms with E-state index in [0.29, 0.717) is 5.92 Å². The van der Waals surface area contributed by atoms with Gasteiger partial charge in [0.1, 0.15) is 0 Å². The molecule has 0 N–H and O–H groups in total. The largest absolute Gasteiger partial charge is 0.0925 e. The zero-order chi connectivity index (χ0) is 12.2. The minimum absolute atomic E-state index is 0.714. The van der Waals surface area contributed by atoms with Crippen LogP contribution in [0.25, 0.3) is 0 Å². The third-order valence-corrected chi connectivity index (χ3v) is 5.67. The SMILES string of the molecule is C[Si](C)(C)CC(CBr)Cc1ccccc1Cl. The molecule has 1 atom stereocenters. The van der Waals surface area contributed by atoms with Crippen molar-refractivity contribution in [1.82, 2.24) is 0 Å². The van der Waals surface area contributed by atoms with Gasteiger partial charge in [-0.3, -0.25) is 0 Å². The molecule has 0 aliphatic carbocycles. The van der Waals surface area contributed by atoms with Crippen LogP contribution in [0.1, 0.15) is 5.56 Å². The van der Waals surface area contributed by atoms with Crippen molar-refractivity contribution < 1.29 is 0 Å². The van der Waals surface area contributed by atoms with E-state index in [0.717, 1.165) is 16.8 Å². The Morgan fingerprint density at radius 1 is 1.25 bits per heavy atom. The van der Waals surface area contributed by atoms with Crippen LogP contribution in [-0.2, 0) is 6.42 Å². The lowest BCUT2D eigenvalue weighted by Crippen LogP contribution is -2.25. The maximum absolute atomic E-state index is 6.19. The molecule has 90 valence electrons. The van der Waals surface area contributed by atoms with E-state index in [-0.39, 0.29) is 0 Å². The Labute approximate surface area is 114 Å². The molecule has 1 rings (SSSR count). The van der Waals surface area contributed by atoms with E-state index in [1.54, 1.807) is 0 Å². The number of benzene rings is 1. The van der Waals surface area contributed by atoms with Gasteiger partial charge in [-0.1, -0.05) is 71.4 Å². The molecule has 1 unspecified atom stereocenters. The van der Waals surface area contributed by atoms with E-state index in [2.05, 4.69) is 47.7 Å². The standard InChI is InChI=1S/C13H20BrClSi/c1-16(2,3)10-11(9-14)8-12-6-4-5-7-13(12)15/h4-7,11H,8-10H2,1-3H3. The van der Waals surface area contributed by atoms with Crippen molar-refractivity contribution in [1.29, 1.82) is 0 Å². The Balaban J connectivity index is 2.67. The Morgan fingerprint density at radius 3 is 2.38 bits per heavy atom. The van der Waals surface area contributed by atoms with Gasteiger partial charge >= 0.3 is 0 Å². The average molecular weight is 320 g/mol. The molecule has 16 heavy (non-hydrogen) atoms. The monoisotopic (exact) mass is 318 g/mol. The first-order chi connectivity index (χ1) is 7.42. The quantitative estimate of drug-likeness (QED) is 0.515. The second kappa shape index (κ2) is 6.22. The topological polar surface area (TPSA) is 0 Å².